The molecule has 0 aliphatic rings. The lowest BCUT2D eigenvalue weighted by Gasteiger charge is -2.13. The number of rotatable bonds is 4. The summed E-state index contributed by atoms with van der Waals surface area (Å²) in [7, 11) is 0. The van der Waals surface area contributed by atoms with Gasteiger partial charge in [-0.1, -0.05) is 60.7 Å². The number of hydrogen-bond acceptors (Lipinski definition) is 3. The molecule has 100 valence electrons. The minimum absolute atomic E-state index is 0.0616. The molecule has 0 aliphatic carbocycles. The molecule has 3 rings (SSSR count). The van der Waals surface area contributed by atoms with Crippen LogP contribution in [-0.2, 0) is 6.42 Å². The first-order chi connectivity index (χ1) is 9.83. The van der Waals surface area contributed by atoms with Gasteiger partial charge in [0.1, 0.15) is 0 Å². The van der Waals surface area contributed by atoms with Crippen LogP contribution in [0.1, 0.15) is 22.9 Å². The van der Waals surface area contributed by atoms with E-state index >= 15 is 0 Å². The molecule has 0 saturated heterocycles. The lowest BCUT2D eigenvalue weighted by Crippen LogP contribution is -2.05. The molecule has 0 aliphatic heterocycles. The van der Waals surface area contributed by atoms with E-state index in [0.29, 0.717) is 10.7 Å². The van der Waals surface area contributed by atoms with Crippen molar-refractivity contribution in [1.82, 2.24) is 10.2 Å². The number of nitrogens with zero attached hydrogens (tertiary/aromatic N) is 1. The van der Waals surface area contributed by atoms with E-state index in [4.69, 9.17) is 16.6 Å². The van der Waals surface area contributed by atoms with Crippen molar-refractivity contribution >= 4 is 12.2 Å². The molecule has 1 heterocycles. The Kier molecular flexibility index (Phi) is 3.74. The Morgan fingerprint density at radius 1 is 1.00 bits per heavy atom. The Labute approximate surface area is 122 Å². The van der Waals surface area contributed by atoms with Crippen molar-refractivity contribution in [2.24, 2.45) is 0 Å². The van der Waals surface area contributed by atoms with Crippen LogP contribution >= 0.6 is 12.2 Å². The van der Waals surface area contributed by atoms with E-state index in [1.807, 2.05) is 36.4 Å². The van der Waals surface area contributed by atoms with Crippen LogP contribution in [0, 0.1) is 4.84 Å². The lowest BCUT2D eigenvalue weighted by atomic mass is 9.92. The molecule has 4 heteroatoms. The maximum absolute atomic E-state index is 5.52. The molecule has 20 heavy (non-hydrogen) atoms. The summed E-state index contributed by atoms with van der Waals surface area (Å²) in [5, 5.41) is 6.90. The van der Waals surface area contributed by atoms with Crippen molar-refractivity contribution < 1.29 is 4.42 Å². The van der Waals surface area contributed by atoms with Gasteiger partial charge in [0.15, 0.2) is 0 Å². The quantitative estimate of drug-likeness (QED) is 0.732. The van der Waals surface area contributed by atoms with Crippen molar-refractivity contribution in [2.75, 3.05) is 0 Å². The van der Waals surface area contributed by atoms with E-state index in [-0.39, 0.29) is 5.92 Å². The summed E-state index contributed by atoms with van der Waals surface area (Å²) in [5.74, 6) is 0.691. The van der Waals surface area contributed by atoms with E-state index in [0.717, 1.165) is 6.42 Å². The molecule has 1 aromatic heterocycles. The third-order valence-corrected chi connectivity index (χ3v) is 3.41. The molecule has 0 amide bonds. The van der Waals surface area contributed by atoms with E-state index in [2.05, 4.69) is 34.5 Å². The topological polar surface area (TPSA) is 41.8 Å². The molecular weight excluding hydrogens is 268 g/mol. The average Bonchev–Trinajstić information content (AvgIpc) is 2.93. The second-order valence-electron chi connectivity index (χ2n) is 4.60. The Hall–Kier alpha value is -2.20. The predicted octanol–water partition coefficient (Wildman–Crippen LogP) is 4.11. The number of benzene rings is 2. The summed E-state index contributed by atoms with van der Waals surface area (Å²) in [6, 6.07) is 20.5. The van der Waals surface area contributed by atoms with Crippen LogP contribution in [-0.4, -0.2) is 10.2 Å². The van der Waals surface area contributed by atoms with Crippen LogP contribution in [0.4, 0.5) is 0 Å². The van der Waals surface area contributed by atoms with Crippen molar-refractivity contribution in [3.63, 3.8) is 0 Å². The fourth-order valence-electron chi connectivity index (χ4n) is 2.27. The summed E-state index contributed by atoms with van der Waals surface area (Å²) in [6.07, 6.45) is 0.827. The highest BCUT2D eigenvalue weighted by Crippen LogP contribution is 2.27. The van der Waals surface area contributed by atoms with Crippen molar-refractivity contribution in [1.29, 1.82) is 0 Å². The van der Waals surface area contributed by atoms with Gasteiger partial charge in [-0.15, -0.1) is 5.10 Å². The number of H-pyrrole nitrogens is 1. The maximum Gasteiger partial charge on any atom is 0.284 e. The lowest BCUT2D eigenvalue weighted by molar-refractivity contribution is 0.456. The Balaban J connectivity index is 1.98. The average molecular weight is 282 g/mol. The van der Waals surface area contributed by atoms with Crippen molar-refractivity contribution in [3.8, 4) is 0 Å². The largest absolute Gasteiger partial charge is 0.413 e. The first-order valence-corrected chi connectivity index (χ1v) is 6.88. The van der Waals surface area contributed by atoms with Crippen LogP contribution < -0.4 is 0 Å². The number of aromatic nitrogens is 2. The summed E-state index contributed by atoms with van der Waals surface area (Å²) in [4.78, 5) is 0.314. The number of nitrogens with one attached hydrogen (secondary N) is 1. The van der Waals surface area contributed by atoms with Crippen LogP contribution in [0.2, 0.25) is 0 Å². The van der Waals surface area contributed by atoms with E-state index < -0.39 is 0 Å². The maximum atomic E-state index is 5.52. The zero-order valence-electron chi connectivity index (χ0n) is 10.8. The molecule has 3 aromatic rings. The van der Waals surface area contributed by atoms with E-state index in [9.17, 15) is 0 Å². The Morgan fingerprint density at radius 2 is 1.65 bits per heavy atom. The molecule has 0 spiro atoms. The first-order valence-electron chi connectivity index (χ1n) is 6.47. The third kappa shape index (κ3) is 2.86. The Bertz CT molecular complexity index is 719. The molecule has 0 bridgehead atoms. The summed E-state index contributed by atoms with van der Waals surface area (Å²) >= 11 is 4.98. The molecule has 0 radical (unpaired) electrons. The molecule has 1 unspecified atom stereocenters. The highest BCUT2D eigenvalue weighted by molar-refractivity contribution is 7.71. The van der Waals surface area contributed by atoms with E-state index in [1.165, 1.54) is 11.1 Å². The predicted molar refractivity (Wildman–Crippen MR) is 80.1 cm³/mol. The standard InChI is InChI=1S/C16H14N2OS/c20-16-18-17-15(19-16)14(13-9-5-2-6-10-13)11-12-7-3-1-4-8-12/h1-10,14H,11H2,(H,18,20). The molecule has 1 atom stereocenters. The van der Waals surface area contributed by atoms with Gasteiger partial charge >= 0.3 is 0 Å². The summed E-state index contributed by atoms with van der Waals surface area (Å²) in [5.41, 5.74) is 2.41. The smallest absolute Gasteiger partial charge is 0.284 e. The van der Waals surface area contributed by atoms with Crippen LogP contribution in [0.25, 0.3) is 0 Å². The number of aromatic amines is 1. The highest BCUT2D eigenvalue weighted by Gasteiger charge is 2.19. The summed E-state index contributed by atoms with van der Waals surface area (Å²) < 4.78 is 5.52. The van der Waals surface area contributed by atoms with Gasteiger partial charge in [-0.3, -0.25) is 0 Å². The first kappa shape index (κ1) is 12.8. The van der Waals surface area contributed by atoms with Crippen LogP contribution in [0.15, 0.2) is 65.1 Å². The van der Waals surface area contributed by atoms with E-state index in [1.54, 1.807) is 0 Å². The van der Waals surface area contributed by atoms with Gasteiger partial charge in [-0.25, -0.2) is 5.10 Å². The van der Waals surface area contributed by atoms with Gasteiger partial charge < -0.3 is 4.42 Å². The van der Waals surface area contributed by atoms with Crippen LogP contribution in [0.3, 0.4) is 0 Å². The zero-order chi connectivity index (χ0) is 13.8. The minimum atomic E-state index is 0.0616. The normalized spacial score (nSPS) is 12.2. The van der Waals surface area contributed by atoms with Gasteiger partial charge in [0.25, 0.3) is 4.84 Å². The fourth-order valence-corrected chi connectivity index (χ4v) is 2.40. The Morgan fingerprint density at radius 3 is 2.25 bits per heavy atom. The van der Waals surface area contributed by atoms with Gasteiger partial charge in [0.05, 0.1) is 5.92 Å². The van der Waals surface area contributed by atoms with Gasteiger partial charge in [0, 0.05) is 0 Å². The SMILES string of the molecule is S=c1[nH]nc(C(Cc2ccccc2)c2ccccc2)o1. The monoisotopic (exact) mass is 282 g/mol. The van der Waals surface area contributed by atoms with Crippen molar-refractivity contribution in [3.05, 3.63) is 82.5 Å². The zero-order valence-corrected chi connectivity index (χ0v) is 11.6. The fraction of sp³-hybridized carbons (Fsp3) is 0.125. The van der Waals surface area contributed by atoms with Gasteiger partial charge in [0.2, 0.25) is 5.89 Å². The second kappa shape index (κ2) is 5.84. The van der Waals surface area contributed by atoms with Gasteiger partial charge in [-0.2, -0.15) is 0 Å². The summed E-state index contributed by atoms with van der Waals surface area (Å²) in [6.45, 7) is 0. The third-order valence-electron chi connectivity index (χ3n) is 3.24. The number of hydrogen-bond donors (Lipinski definition) is 1. The van der Waals surface area contributed by atoms with Crippen LogP contribution in [0.5, 0.6) is 0 Å². The molecule has 1 N–H and O–H groups in total. The molecule has 0 fully saturated rings. The molecule has 2 aromatic carbocycles. The molecule has 3 nitrogen and oxygen atoms in total. The van der Waals surface area contributed by atoms with Crippen molar-refractivity contribution in [2.45, 2.75) is 12.3 Å². The minimum Gasteiger partial charge on any atom is -0.413 e. The molecule has 0 saturated carbocycles. The van der Waals surface area contributed by atoms with Gasteiger partial charge in [-0.05, 0) is 29.8 Å². The second-order valence-corrected chi connectivity index (χ2v) is 4.98. The molecular formula is C16H14N2OS. The highest BCUT2D eigenvalue weighted by atomic mass is 32.1.